The van der Waals surface area contributed by atoms with Gasteiger partial charge in [0.05, 0.1) is 0 Å². The van der Waals surface area contributed by atoms with Crippen molar-refractivity contribution in [2.75, 3.05) is 13.1 Å². The van der Waals surface area contributed by atoms with Crippen LogP contribution in [-0.2, 0) is 4.79 Å². The summed E-state index contributed by atoms with van der Waals surface area (Å²) in [6, 6.07) is 21.4. The molecule has 0 bridgehead atoms. The summed E-state index contributed by atoms with van der Waals surface area (Å²) in [7, 11) is 0. The Balaban J connectivity index is 1.94. The summed E-state index contributed by atoms with van der Waals surface area (Å²) < 4.78 is 0. The van der Waals surface area contributed by atoms with Crippen molar-refractivity contribution in [2.24, 2.45) is 5.92 Å². The van der Waals surface area contributed by atoms with Crippen LogP contribution in [0.1, 0.15) is 36.8 Å². The van der Waals surface area contributed by atoms with Crippen LogP contribution in [-0.4, -0.2) is 23.9 Å². The fourth-order valence-electron chi connectivity index (χ4n) is 3.63. The fourth-order valence-corrected chi connectivity index (χ4v) is 3.63. The third-order valence-corrected chi connectivity index (χ3v) is 4.69. The minimum absolute atomic E-state index is 0.199. The van der Waals surface area contributed by atoms with Gasteiger partial charge in [-0.05, 0) is 29.9 Å². The molecule has 3 rings (SSSR count). The van der Waals surface area contributed by atoms with Crippen molar-refractivity contribution < 1.29 is 4.79 Å². The second-order valence-corrected chi connectivity index (χ2v) is 6.17. The third-order valence-electron chi connectivity index (χ3n) is 4.69. The molecule has 1 aliphatic heterocycles. The molecule has 1 amide bonds. The molecular formula is C20H23NO. The molecule has 1 fully saturated rings. The molecule has 1 saturated heterocycles. The highest BCUT2D eigenvalue weighted by Gasteiger charge is 2.30. The molecule has 2 heteroatoms. The molecular weight excluding hydrogens is 270 g/mol. The summed E-state index contributed by atoms with van der Waals surface area (Å²) in [6.45, 7) is 3.45. The van der Waals surface area contributed by atoms with Crippen LogP contribution < -0.4 is 0 Å². The Hall–Kier alpha value is -2.09. The first-order chi connectivity index (χ1) is 10.8. The second-order valence-electron chi connectivity index (χ2n) is 6.17. The summed E-state index contributed by atoms with van der Waals surface area (Å²) in [5.74, 6) is 1.05. The maximum Gasteiger partial charge on any atom is 0.219 e. The van der Waals surface area contributed by atoms with Crippen LogP contribution in [0.5, 0.6) is 0 Å². The summed E-state index contributed by atoms with van der Waals surface area (Å²) in [5, 5.41) is 0. The zero-order valence-corrected chi connectivity index (χ0v) is 13.1. The van der Waals surface area contributed by atoms with Crippen molar-refractivity contribution in [3.8, 4) is 0 Å². The van der Waals surface area contributed by atoms with Crippen LogP contribution in [0.4, 0.5) is 0 Å². The smallest absolute Gasteiger partial charge is 0.219 e. The quantitative estimate of drug-likeness (QED) is 0.835. The zero-order chi connectivity index (χ0) is 15.4. The van der Waals surface area contributed by atoms with E-state index in [1.54, 1.807) is 6.92 Å². The number of piperidine rings is 1. The lowest BCUT2D eigenvalue weighted by atomic mass is 9.77. The van der Waals surface area contributed by atoms with E-state index in [0.717, 1.165) is 19.5 Å². The Bertz CT molecular complexity index is 569. The molecule has 1 heterocycles. The van der Waals surface area contributed by atoms with E-state index in [2.05, 4.69) is 60.7 Å². The first-order valence-corrected chi connectivity index (χ1v) is 8.11. The first-order valence-electron chi connectivity index (χ1n) is 8.11. The Kier molecular flexibility index (Phi) is 4.57. The SMILES string of the molecule is CC(=O)N1CCCC(C(c2ccccc2)c2ccccc2)C1. The molecule has 0 aliphatic carbocycles. The minimum Gasteiger partial charge on any atom is -0.343 e. The van der Waals surface area contributed by atoms with Gasteiger partial charge in [-0.3, -0.25) is 4.79 Å². The molecule has 2 nitrogen and oxygen atoms in total. The van der Waals surface area contributed by atoms with Crippen LogP contribution in [0.2, 0.25) is 0 Å². The molecule has 0 saturated carbocycles. The number of hydrogen-bond acceptors (Lipinski definition) is 1. The van der Waals surface area contributed by atoms with E-state index in [9.17, 15) is 4.79 Å². The number of nitrogens with zero attached hydrogens (tertiary/aromatic N) is 1. The van der Waals surface area contributed by atoms with Crippen molar-refractivity contribution in [3.63, 3.8) is 0 Å². The van der Waals surface area contributed by atoms with Crippen molar-refractivity contribution in [3.05, 3.63) is 71.8 Å². The minimum atomic E-state index is 0.199. The molecule has 114 valence electrons. The van der Waals surface area contributed by atoms with E-state index < -0.39 is 0 Å². The fraction of sp³-hybridized carbons (Fsp3) is 0.350. The molecule has 22 heavy (non-hydrogen) atoms. The molecule has 2 aromatic carbocycles. The summed E-state index contributed by atoms with van der Waals surface area (Å²) in [4.78, 5) is 13.8. The number of likely N-dealkylation sites (tertiary alicyclic amines) is 1. The molecule has 0 radical (unpaired) electrons. The van der Waals surface area contributed by atoms with Crippen molar-refractivity contribution in [2.45, 2.75) is 25.7 Å². The van der Waals surface area contributed by atoms with E-state index in [1.165, 1.54) is 17.5 Å². The molecule has 0 N–H and O–H groups in total. The average molecular weight is 293 g/mol. The van der Waals surface area contributed by atoms with Gasteiger partial charge in [-0.1, -0.05) is 60.7 Å². The normalized spacial score (nSPS) is 18.5. The summed E-state index contributed by atoms with van der Waals surface area (Å²) in [5.41, 5.74) is 2.70. The highest BCUT2D eigenvalue weighted by Crippen LogP contribution is 2.37. The molecule has 0 aromatic heterocycles. The Morgan fingerprint density at radius 2 is 1.55 bits per heavy atom. The van der Waals surface area contributed by atoms with Gasteiger partial charge in [0, 0.05) is 25.9 Å². The van der Waals surface area contributed by atoms with Crippen LogP contribution >= 0.6 is 0 Å². The Labute approximate surface area is 132 Å². The standard InChI is InChI=1S/C20H23NO/c1-16(22)21-14-8-13-19(15-21)20(17-9-4-2-5-10-17)18-11-6-3-7-12-18/h2-7,9-12,19-20H,8,13-15H2,1H3. The molecule has 2 aromatic rings. The van der Waals surface area contributed by atoms with E-state index >= 15 is 0 Å². The van der Waals surface area contributed by atoms with E-state index in [0.29, 0.717) is 11.8 Å². The maximum absolute atomic E-state index is 11.8. The van der Waals surface area contributed by atoms with Gasteiger partial charge in [0.25, 0.3) is 0 Å². The predicted octanol–water partition coefficient (Wildman–Crippen LogP) is 4.08. The van der Waals surface area contributed by atoms with Gasteiger partial charge in [0.15, 0.2) is 0 Å². The zero-order valence-electron chi connectivity index (χ0n) is 13.1. The number of carbonyl (C=O) groups excluding carboxylic acids is 1. The third kappa shape index (κ3) is 3.22. The largest absolute Gasteiger partial charge is 0.343 e. The maximum atomic E-state index is 11.8. The highest BCUT2D eigenvalue weighted by atomic mass is 16.2. The Morgan fingerprint density at radius 1 is 1.00 bits per heavy atom. The van der Waals surface area contributed by atoms with Crippen LogP contribution in [0.3, 0.4) is 0 Å². The highest BCUT2D eigenvalue weighted by molar-refractivity contribution is 5.73. The molecule has 1 unspecified atom stereocenters. The van der Waals surface area contributed by atoms with E-state index in [-0.39, 0.29) is 5.91 Å². The van der Waals surface area contributed by atoms with Crippen molar-refractivity contribution in [1.29, 1.82) is 0 Å². The van der Waals surface area contributed by atoms with Crippen LogP contribution in [0.25, 0.3) is 0 Å². The van der Waals surface area contributed by atoms with Crippen molar-refractivity contribution >= 4 is 5.91 Å². The Morgan fingerprint density at radius 3 is 2.05 bits per heavy atom. The van der Waals surface area contributed by atoms with Crippen LogP contribution in [0, 0.1) is 5.92 Å². The van der Waals surface area contributed by atoms with E-state index in [4.69, 9.17) is 0 Å². The van der Waals surface area contributed by atoms with E-state index in [1.807, 2.05) is 4.90 Å². The second kappa shape index (κ2) is 6.78. The lowest BCUT2D eigenvalue weighted by molar-refractivity contribution is -0.130. The first kappa shape index (κ1) is 14.8. The molecule has 1 aliphatic rings. The number of amides is 1. The lowest BCUT2D eigenvalue weighted by Gasteiger charge is -2.37. The van der Waals surface area contributed by atoms with Gasteiger partial charge in [0.1, 0.15) is 0 Å². The van der Waals surface area contributed by atoms with Gasteiger partial charge in [0.2, 0.25) is 5.91 Å². The van der Waals surface area contributed by atoms with Crippen LogP contribution in [0.15, 0.2) is 60.7 Å². The molecule has 1 atom stereocenters. The topological polar surface area (TPSA) is 20.3 Å². The molecule has 0 spiro atoms. The van der Waals surface area contributed by atoms with Gasteiger partial charge in [-0.15, -0.1) is 0 Å². The lowest BCUT2D eigenvalue weighted by Crippen LogP contribution is -2.40. The van der Waals surface area contributed by atoms with Gasteiger partial charge < -0.3 is 4.90 Å². The predicted molar refractivity (Wildman–Crippen MR) is 89.7 cm³/mol. The average Bonchev–Trinajstić information content (AvgIpc) is 2.57. The van der Waals surface area contributed by atoms with Gasteiger partial charge in [-0.2, -0.15) is 0 Å². The summed E-state index contributed by atoms with van der Waals surface area (Å²) >= 11 is 0. The van der Waals surface area contributed by atoms with Crippen molar-refractivity contribution in [1.82, 2.24) is 4.90 Å². The summed E-state index contributed by atoms with van der Waals surface area (Å²) in [6.07, 6.45) is 2.28. The van der Waals surface area contributed by atoms with Gasteiger partial charge >= 0.3 is 0 Å². The number of carbonyl (C=O) groups is 1. The number of rotatable bonds is 3. The monoisotopic (exact) mass is 293 g/mol. The number of hydrogen-bond donors (Lipinski definition) is 0. The number of benzene rings is 2. The van der Waals surface area contributed by atoms with Gasteiger partial charge in [-0.25, -0.2) is 0 Å².